The summed E-state index contributed by atoms with van der Waals surface area (Å²) in [7, 11) is 4.01. The summed E-state index contributed by atoms with van der Waals surface area (Å²) in [6.07, 6.45) is 1.83. The van der Waals surface area contributed by atoms with Crippen LogP contribution in [-0.4, -0.2) is 68.7 Å². The molecule has 4 heterocycles. The molecule has 3 aromatic heterocycles. The number of hydrogen-bond acceptors (Lipinski definition) is 8. The lowest BCUT2D eigenvalue weighted by molar-refractivity contribution is 0.102. The summed E-state index contributed by atoms with van der Waals surface area (Å²) in [5.74, 6) is 1.27. The smallest absolute Gasteiger partial charge is 0.256 e. The first kappa shape index (κ1) is 27.1. The molecule has 1 amide bonds. The molecule has 6 rings (SSSR count). The van der Waals surface area contributed by atoms with Crippen LogP contribution in [0.3, 0.4) is 0 Å². The Morgan fingerprint density at radius 2 is 1.83 bits per heavy atom. The molecule has 9 nitrogen and oxygen atoms in total. The Morgan fingerprint density at radius 3 is 2.59 bits per heavy atom. The van der Waals surface area contributed by atoms with Gasteiger partial charge in [0.2, 0.25) is 5.88 Å². The van der Waals surface area contributed by atoms with Crippen LogP contribution in [0.2, 0.25) is 0 Å². The van der Waals surface area contributed by atoms with Crippen molar-refractivity contribution < 1.29 is 9.53 Å². The molecule has 1 aliphatic rings. The number of piperazine rings is 1. The van der Waals surface area contributed by atoms with Crippen LogP contribution < -0.4 is 10.1 Å². The number of aromatic nitrogens is 4. The SMILES string of the molecule is Cc1cc(NC(=O)c2cc(Oc3nc(-c4ccsc4)nc4nn(C)cc34)ccc2C)ccc1CN1CCN(C)CC1. The van der Waals surface area contributed by atoms with Gasteiger partial charge in [0.25, 0.3) is 5.91 Å². The first-order chi connectivity index (χ1) is 19.8. The number of benzene rings is 2. The van der Waals surface area contributed by atoms with Crippen molar-refractivity contribution in [2.75, 3.05) is 38.5 Å². The highest BCUT2D eigenvalue weighted by Crippen LogP contribution is 2.31. The van der Waals surface area contributed by atoms with Crippen LogP contribution in [0.5, 0.6) is 11.6 Å². The molecule has 0 radical (unpaired) electrons. The topological polar surface area (TPSA) is 88.4 Å². The minimum absolute atomic E-state index is 0.188. The molecule has 41 heavy (non-hydrogen) atoms. The van der Waals surface area contributed by atoms with Gasteiger partial charge in [-0.1, -0.05) is 12.1 Å². The Balaban J connectivity index is 1.20. The van der Waals surface area contributed by atoms with E-state index in [1.54, 1.807) is 22.1 Å². The fourth-order valence-corrected chi connectivity index (χ4v) is 5.64. The number of fused-ring (bicyclic) bond motifs is 1. The second-order valence-corrected chi connectivity index (χ2v) is 11.4. The van der Waals surface area contributed by atoms with E-state index in [2.05, 4.69) is 45.2 Å². The molecule has 210 valence electrons. The molecule has 0 bridgehead atoms. The lowest BCUT2D eigenvalue weighted by Gasteiger charge is -2.32. The van der Waals surface area contributed by atoms with Gasteiger partial charge in [0.1, 0.15) is 11.1 Å². The van der Waals surface area contributed by atoms with Gasteiger partial charge in [0.15, 0.2) is 11.5 Å². The average molecular weight is 568 g/mol. The van der Waals surface area contributed by atoms with Gasteiger partial charge in [-0.2, -0.15) is 21.4 Å². The number of likely N-dealkylation sites (N-methyl/N-ethyl adjacent to an activating group) is 1. The summed E-state index contributed by atoms with van der Waals surface area (Å²) >= 11 is 1.58. The second-order valence-electron chi connectivity index (χ2n) is 10.7. The lowest BCUT2D eigenvalue weighted by atomic mass is 10.1. The van der Waals surface area contributed by atoms with E-state index in [9.17, 15) is 4.79 Å². The maximum atomic E-state index is 13.4. The normalized spacial score (nSPS) is 14.4. The maximum absolute atomic E-state index is 13.4. The van der Waals surface area contributed by atoms with Crippen molar-refractivity contribution in [3.05, 3.63) is 81.7 Å². The number of rotatable bonds is 7. The fraction of sp³-hybridized carbons (Fsp3) is 0.290. The predicted octanol–water partition coefficient (Wildman–Crippen LogP) is 5.50. The quantitative estimate of drug-likeness (QED) is 0.278. The van der Waals surface area contributed by atoms with Crippen molar-refractivity contribution in [2.45, 2.75) is 20.4 Å². The van der Waals surface area contributed by atoms with E-state index < -0.39 is 0 Å². The Hall–Kier alpha value is -4.12. The largest absolute Gasteiger partial charge is 0.438 e. The minimum Gasteiger partial charge on any atom is -0.438 e. The number of ether oxygens (including phenoxy) is 1. The molecule has 0 atom stereocenters. The molecule has 10 heteroatoms. The first-order valence-electron chi connectivity index (χ1n) is 13.7. The van der Waals surface area contributed by atoms with Gasteiger partial charge in [0.05, 0.1) is 0 Å². The van der Waals surface area contributed by atoms with Crippen LogP contribution in [0.25, 0.3) is 22.4 Å². The molecule has 0 unspecified atom stereocenters. The van der Waals surface area contributed by atoms with E-state index in [0.717, 1.165) is 49.5 Å². The summed E-state index contributed by atoms with van der Waals surface area (Å²) in [6.45, 7) is 9.28. The Bertz CT molecular complexity index is 1710. The van der Waals surface area contributed by atoms with Crippen LogP contribution in [0.1, 0.15) is 27.0 Å². The number of carbonyl (C=O) groups is 1. The molecule has 0 aliphatic carbocycles. The third kappa shape index (κ3) is 6.00. The number of nitrogens with zero attached hydrogens (tertiary/aromatic N) is 6. The van der Waals surface area contributed by atoms with Crippen molar-refractivity contribution in [1.29, 1.82) is 0 Å². The minimum atomic E-state index is -0.188. The van der Waals surface area contributed by atoms with Gasteiger partial charge in [-0.15, -0.1) is 0 Å². The molecule has 1 N–H and O–H groups in total. The molecule has 1 fully saturated rings. The van der Waals surface area contributed by atoms with E-state index in [-0.39, 0.29) is 5.91 Å². The van der Waals surface area contributed by atoms with Crippen molar-refractivity contribution in [3.63, 3.8) is 0 Å². The van der Waals surface area contributed by atoms with Gasteiger partial charge in [-0.25, -0.2) is 4.98 Å². The van der Waals surface area contributed by atoms with Crippen LogP contribution in [0.4, 0.5) is 5.69 Å². The molecule has 1 saturated heterocycles. The first-order valence-corrected chi connectivity index (χ1v) is 14.6. The van der Waals surface area contributed by atoms with Gasteiger partial charge >= 0.3 is 0 Å². The standard InChI is InChI=1S/C31H33N7O2S/c1-20-5-8-25(40-31-27-18-37(4)35-29(27)33-28(34-31)23-9-14-41-19-23)16-26(20)30(39)32-24-7-6-22(21(2)15-24)17-38-12-10-36(3)11-13-38/h5-9,14-16,18-19H,10-13,17H2,1-4H3,(H,32,39). The Morgan fingerprint density at radius 1 is 1.00 bits per heavy atom. The van der Waals surface area contributed by atoms with Crippen LogP contribution in [0, 0.1) is 13.8 Å². The van der Waals surface area contributed by atoms with Crippen molar-refractivity contribution in [2.24, 2.45) is 7.05 Å². The number of amides is 1. The summed E-state index contributed by atoms with van der Waals surface area (Å²) in [5.41, 5.74) is 6.07. The number of hydrogen-bond donors (Lipinski definition) is 1. The van der Waals surface area contributed by atoms with Gasteiger partial charge in [-0.05, 0) is 73.3 Å². The maximum Gasteiger partial charge on any atom is 0.256 e. The van der Waals surface area contributed by atoms with Crippen molar-refractivity contribution in [3.8, 4) is 23.0 Å². The van der Waals surface area contributed by atoms with Crippen LogP contribution in [-0.2, 0) is 13.6 Å². The summed E-state index contributed by atoms with van der Waals surface area (Å²) in [5, 5.41) is 12.2. The van der Waals surface area contributed by atoms with E-state index >= 15 is 0 Å². The Labute approximate surface area is 243 Å². The molecule has 5 aromatic rings. The zero-order chi connectivity index (χ0) is 28.5. The number of nitrogens with one attached hydrogen (secondary N) is 1. The highest BCUT2D eigenvalue weighted by Gasteiger charge is 2.18. The number of anilines is 1. The van der Waals surface area contributed by atoms with Crippen LogP contribution >= 0.6 is 11.3 Å². The summed E-state index contributed by atoms with van der Waals surface area (Å²) in [6, 6.07) is 13.6. The van der Waals surface area contributed by atoms with Crippen molar-refractivity contribution in [1.82, 2.24) is 29.5 Å². The van der Waals surface area contributed by atoms with Crippen LogP contribution in [0.15, 0.2) is 59.4 Å². The average Bonchev–Trinajstić information content (AvgIpc) is 3.62. The number of aryl methyl sites for hydroxylation is 3. The fourth-order valence-electron chi connectivity index (χ4n) is 5.01. The molecule has 0 spiro atoms. The van der Waals surface area contributed by atoms with Gasteiger partial charge < -0.3 is 15.0 Å². The van der Waals surface area contributed by atoms with E-state index in [0.29, 0.717) is 34.1 Å². The monoisotopic (exact) mass is 567 g/mol. The highest BCUT2D eigenvalue weighted by atomic mass is 32.1. The third-order valence-electron chi connectivity index (χ3n) is 7.50. The molecular weight excluding hydrogens is 534 g/mol. The second kappa shape index (κ2) is 11.4. The van der Waals surface area contributed by atoms with E-state index in [4.69, 9.17) is 9.72 Å². The highest BCUT2D eigenvalue weighted by molar-refractivity contribution is 7.08. The predicted molar refractivity (Wildman–Crippen MR) is 163 cm³/mol. The van der Waals surface area contributed by atoms with Gasteiger partial charge in [-0.3, -0.25) is 14.4 Å². The number of carbonyl (C=O) groups excluding carboxylic acids is 1. The van der Waals surface area contributed by atoms with E-state index in [1.807, 2.05) is 61.3 Å². The molecule has 0 saturated carbocycles. The van der Waals surface area contributed by atoms with Crippen molar-refractivity contribution >= 4 is 34.0 Å². The molecule has 1 aliphatic heterocycles. The third-order valence-corrected chi connectivity index (χ3v) is 8.18. The molecular formula is C31H33N7O2S. The summed E-state index contributed by atoms with van der Waals surface area (Å²) < 4.78 is 7.96. The Kier molecular flexibility index (Phi) is 7.53. The lowest BCUT2D eigenvalue weighted by Crippen LogP contribution is -2.43. The zero-order valence-corrected chi connectivity index (χ0v) is 24.5. The van der Waals surface area contributed by atoms with Gasteiger partial charge in [0, 0.05) is 68.2 Å². The summed E-state index contributed by atoms with van der Waals surface area (Å²) in [4.78, 5) is 27.5. The number of thiophene rings is 1. The zero-order valence-electron chi connectivity index (χ0n) is 23.7. The molecule has 2 aromatic carbocycles. The van der Waals surface area contributed by atoms with E-state index in [1.165, 1.54) is 11.1 Å².